The number of carbonyl (C=O) groups excluding carboxylic acids is 3. The minimum absolute atomic E-state index is 0.00182. The van der Waals surface area contributed by atoms with Crippen molar-refractivity contribution in [2.45, 2.75) is 87.8 Å². The summed E-state index contributed by atoms with van der Waals surface area (Å²) < 4.78 is 45.6. The number of allylic oxidation sites excluding steroid dienone is 1. The number of sulfonamides is 1. The van der Waals surface area contributed by atoms with Gasteiger partial charge in [-0.2, -0.15) is 4.98 Å². The average Bonchev–Trinajstić information content (AvgIpc) is 4.08. The molecule has 5 aliphatic rings. The summed E-state index contributed by atoms with van der Waals surface area (Å²) in [5, 5.41) is 16.0. The Morgan fingerprint density at radius 1 is 1.09 bits per heavy atom. The van der Waals surface area contributed by atoms with E-state index in [0.717, 1.165) is 11.8 Å². The Kier molecular flexibility index (Phi) is 10.9. The summed E-state index contributed by atoms with van der Waals surface area (Å²) in [5.41, 5.74) is -1.54. The van der Waals surface area contributed by atoms with Gasteiger partial charge in [0.25, 0.3) is 5.91 Å². The first kappa shape index (κ1) is 38.6. The number of hydrogen-bond acceptors (Lipinski definition) is 11. The Morgan fingerprint density at radius 2 is 1.85 bits per heavy atom. The van der Waals surface area contributed by atoms with Gasteiger partial charge in [-0.25, -0.2) is 13.2 Å². The first-order chi connectivity index (χ1) is 26.3. The van der Waals surface area contributed by atoms with Crippen molar-refractivity contribution in [3.8, 4) is 11.6 Å². The van der Waals surface area contributed by atoms with E-state index < -0.39 is 74.7 Å². The van der Waals surface area contributed by atoms with E-state index in [0.29, 0.717) is 68.9 Å². The molecule has 7 rings (SSSR count). The zero-order valence-electron chi connectivity index (χ0n) is 31.4. The molecule has 298 valence electrons. The molecule has 17 heteroatoms. The summed E-state index contributed by atoms with van der Waals surface area (Å²) in [6.45, 7) is 6.10. The van der Waals surface area contributed by atoms with Crippen LogP contribution in [0.3, 0.4) is 0 Å². The van der Waals surface area contributed by atoms with Gasteiger partial charge in [0.1, 0.15) is 35.3 Å². The van der Waals surface area contributed by atoms with Crippen LogP contribution in [0, 0.1) is 17.8 Å². The highest BCUT2D eigenvalue weighted by Gasteiger charge is 2.62. The molecule has 4 N–H and O–H groups in total. The smallest absolute Gasteiger partial charge is 0.405 e. The molecule has 1 aromatic carbocycles. The number of nitrogens with one attached hydrogen (secondary N) is 3. The van der Waals surface area contributed by atoms with Crippen molar-refractivity contribution < 1.29 is 46.9 Å². The Bertz CT molecular complexity index is 1970. The van der Waals surface area contributed by atoms with Gasteiger partial charge in [-0.3, -0.25) is 19.1 Å². The number of nitrogens with zero attached hydrogens (tertiary/aromatic N) is 3. The van der Waals surface area contributed by atoms with E-state index in [1.165, 1.54) is 4.90 Å². The number of hydrogen-bond donors (Lipinski definition) is 4. The molecule has 4 heterocycles. The third kappa shape index (κ3) is 8.32. The molecule has 55 heavy (non-hydrogen) atoms. The summed E-state index contributed by atoms with van der Waals surface area (Å²) in [5.74, 6) is -1.22. The number of methoxy groups -OCH3 is 1. The zero-order chi connectivity index (χ0) is 39.1. The summed E-state index contributed by atoms with van der Waals surface area (Å²) in [4.78, 5) is 63.1. The summed E-state index contributed by atoms with van der Waals surface area (Å²) >= 11 is 0. The molecule has 2 aliphatic carbocycles. The fourth-order valence-corrected chi connectivity index (χ4v) is 9.51. The second-order valence-electron chi connectivity index (χ2n) is 15.7. The van der Waals surface area contributed by atoms with Crippen molar-refractivity contribution in [1.29, 1.82) is 0 Å². The van der Waals surface area contributed by atoms with Crippen molar-refractivity contribution >= 4 is 50.4 Å². The van der Waals surface area contributed by atoms with Crippen LogP contribution in [0.5, 0.6) is 11.6 Å². The molecule has 7 atom stereocenters. The molecule has 2 saturated carbocycles. The quantitative estimate of drug-likeness (QED) is 0.285. The standard InChI is InChI=1S/C38H50N6O10S/c1-22-6-4-5-7-25-20-38(25,36(47)42-55(50,51)28-9-10-28)41-33(45)30-19-27(21-44(30)35(46)32(23(2)16-22)40-37(48)49)54-34-29-11-8-26(52-3)17-24(29)18-31(39-34)43-12-14-53-15-13-43/h5,7-8,11,17-18,22-23,25,27-28,30,32,40H,4,6,9-10,12-16,19-21H2,1-3H3,(H,41,45)(H,42,47)(H,48,49)/b7-5-/t22-,23+,25?,27+,30-,32-,38?/m0/s1. The fraction of sp³-hybridized carbons (Fsp3) is 0.605. The van der Waals surface area contributed by atoms with Gasteiger partial charge in [0.2, 0.25) is 27.7 Å². The van der Waals surface area contributed by atoms with Crippen molar-refractivity contribution in [1.82, 2.24) is 25.2 Å². The molecule has 3 aliphatic heterocycles. The second-order valence-corrected chi connectivity index (χ2v) is 17.6. The predicted molar refractivity (Wildman–Crippen MR) is 201 cm³/mol. The highest BCUT2D eigenvalue weighted by molar-refractivity contribution is 7.91. The Morgan fingerprint density at radius 3 is 2.56 bits per heavy atom. The lowest BCUT2D eigenvalue weighted by molar-refractivity contribution is -0.142. The number of benzene rings is 1. The van der Waals surface area contributed by atoms with Crippen LogP contribution in [-0.2, 0) is 29.1 Å². The molecule has 2 aromatic rings. The van der Waals surface area contributed by atoms with Crippen LogP contribution in [0.1, 0.15) is 58.8 Å². The number of pyridine rings is 1. The number of morpholine rings is 1. The van der Waals surface area contributed by atoms with Crippen LogP contribution in [0.15, 0.2) is 36.4 Å². The van der Waals surface area contributed by atoms with E-state index in [4.69, 9.17) is 19.2 Å². The Balaban J connectivity index is 1.23. The van der Waals surface area contributed by atoms with Gasteiger partial charge in [0.05, 0.1) is 32.1 Å². The molecule has 0 spiro atoms. The first-order valence-electron chi connectivity index (χ1n) is 19.1. The van der Waals surface area contributed by atoms with Crippen LogP contribution in [0.4, 0.5) is 10.6 Å². The number of carboxylic acid groups (broad SMARTS) is 1. The van der Waals surface area contributed by atoms with Crippen molar-refractivity contribution in [2.24, 2.45) is 17.8 Å². The highest BCUT2D eigenvalue weighted by atomic mass is 32.2. The molecule has 16 nitrogen and oxygen atoms in total. The van der Waals surface area contributed by atoms with Gasteiger partial charge in [-0.1, -0.05) is 26.0 Å². The largest absolute Gasteiger partial charge is 0.497 e. The second kappa shape index (κ2) is 15.5. The molecule has 2 saturated heterocycles. The van der Waals surface area contributed by atoms with Crippen LogP contribution >= 0.6 is 0 Å². The fourth-order valence-electron chi connectivity index (χ4n) is 8.15. The predicted octanol–water partition coefficient (Wildman–Crippen LogP) is 2.56. The lowest BCUT2D eigenvalue weighted by Crippen LogP contribution is -2.59. The SMILES string of the molecule is COc1ccc2c(O[C@@H]3C[C@H]4C(=O)NC5(C(=O)NS(=O)(=O)C6CC6)CC5/C=C\CC[C@H](C)C[C@@H](C)[C@H](NC(=O)O)C(=O)N4C3)nc(N3CCOCC3)cc2c1. The molecule has 0 radical (unpaired) electrons. The molecule has 4 amide bonds. The van der Waals surface area contributed by atoms with Crippen LogP contribution in [0.2, 0.25) is 0 Å². The lowest BCUT2D eigenvalue weighted by atomic mass is 9.88. The maximum atomic E-state index is 14.5. The van der Waals surface area contributed by atoms with Gasteiger partial charge in [-0.15, -0.1) is 0 Å². The molecule has 1 aromatic heterocycles. The number of aromatic nitrogens is 1. The zero-order valence-corrected chi connectivity index (χ0v) is 32.2. The van der Waals surface area contributed by atoms with E-state index >= 15 is 0 Å². The van der Waals surface area contributed by atoms with E-state index in [1.54, 1.807) is 13.2 Å². The Labute approximate surface area is 320 Å². The normalized spacial score (nSPS) is 30.9. The molecular weight excluding hydrogens is 733 g/mol. The number of fused-ring (bicyclic) bond motifs is 3. The highest BCUT2D eigenvalue weighted by Crippen LogP contribution is 2.46. The van der Waals surface area contributed by atoms with E-state index in [2.05, 4.69) is 20.3 Å². The number of carbonyl (C=O) groups is 4. The maximum absolute atomic E-state index is 14.5. The van der Waals surface area contributed by atoms with Crippen molar-refractivity contribution in [2.75, 3.05) is 44.9 Å². The summed E-state index contributed by atoms with van der Waals surface area (Å²) in [6.07, 6.45) is 4.69. The number of anilines is 1. The van der Waals surface area contributed by atoms with Gasteiger partial charge >= 0.3 is 6.09 Å². The topological polar surface area (TPSA) is 206 Å². The van der Waals surface area contributed by atoms with Gasteiger partial charge < -0.3 is 39.8 Å². The minimum Gasteiger partial charge on any atom is -0.497 e. The molecule has 0 bridgehead atoms. The van der Waals surface area contributed by atoms with Crippen LogP contribution < -0.4 is 29.7 Å². The number of rotatable bonds is 8. The summed E-state index contributed by atoms with van der Waals surface area (Å²) in [6, 6.07) is 5.11. The molecule has 2 unspecified atom stereocenters. The van der Waals surface area contributed by atoms with E-state index in [9.17, 15) is 32.7 Å². The maximum Gasteiger partial charge on any atom is 0.405 e. The van der Waals surface area contributed by atoms with Crippen LogP contribution in [-0.4, -0.2) is 116 Å². The minimum atomic E-state index is -3.92. The van der Waals surface area contributed by atoms with E-state index in [-0.39, 0.29) is 31.2 Å². The molecular formula is C38H50N6O10S. The lowest BCUT2D eigenvalue weighted by Gasteiger charge is -2.32. The van der Waals surface area contributed by atoms with Gasteiger partial charge in [-0.05, 0) is 80.0 Å². The number of ether oxygens (including phenoxy) is 3. The third-order valence-corrected chi connectivity index (χ3v) is 13.3. The first-order valence-corrected chi connectivity index (χ1v) is 20.7. The van der Waals surface area contributed by atoms with Gasteiger partial charge in [0, 0.05) is 30.8 Å². The molecule has 4 fully saturated rings. The van der Waals surface area contributed by atoms with Crippen molar-refractivity contribution in [3.05, 3.63) is 36.4 Å². The van der Waals surface area contributed by atoms with Crippen LogP contribution in [0.25, 0.3) is 10.8 Å². The van der Waals surface area contributed by atoms with Gasteiger partial charge in [0.15, 0.2) is 0 Å². The Hall–Kier alpha value is -4.64. The monoisotopic (exact) mass is 782 g/mol. The van der Waals surface area contributed by atoms with Crippen molar-refractivity contribution in [3.63, 3.8) is 0 Å². The number of amides is 4. The third-order valence-electron chi connectivity index (χ3n) is 11.5. The average molecular weight is 783 g/mol. The summed E-state index contributed by atoms with van der Waals surface area (Å²) in [7, 11) is -2.33. The van der Waals surface area contributed by atoms with E-state index in [1.807, 2.05) is 44.2 Å².